The number of amides is 1. The molecule has 118 valence electrons. The minimum absolute atomic E-state index is 0.0309. The first-order valence-corrected chi connectivity index (χ1v) is 7.82. The molecule has 0 unspecified atom stereocenters. The van der Waals surface area contributed by atoms with Crippen LogP contribution in [0.4, 0.5) is 0 Å². The molecular formula is C16H27N3O2. The maximum Gasteiger partial charge on any atom is 0.241 e. The Morgan fingerprint density at radius 2 is 2.10 bits per heavy atom. The predicted molar refractivity (Wildman–Crippen MR) is 82.2 cm³/mol. The highest BCUT2D eigenvalue weighted by molar-refractivity contribution is 5.75. The third-order valence-electron chi connectivity index (χ3n) is 4.72. The molecule has 5 nitrogen and oxygen atoms in total. The van der Waals surface area contributed by atoms with Crippen LogP contribution in [0.3, 0.4) is 0 Å². The molecule has 5 heteroatoms. The van der Waals surface area contributed by atoms with Crippen LogP contribution in [-0.4, -0.2) is 35.4 Å². The number of carbonyl (C=O) groups excluding carboxylic acids is 1. The van der Waals surface area contributed by atoms with Gasteiger partial charge in [0.2, 0.25) is 5.91 Å². The highest BCUT2D eigenvalue weighted by Gasteiger charge is 2.37. The van der Waals surface area contributed by atoms with Crippen LogP contribution >= 0.6 is 0 Å². The van der Waals surface area contributed by atoms with Gasteiger partial charge >= 0.3 is 0 Å². The van der Waals surface area contributed by atoms with Gasteiger partial charge in [0.1, 0.15) is 6.54 Å². The number of carbonyl (C=O) groups is 1. The fourth-order valence-corrected chi connectivity index (χ4v) is 2.79. The lowest BCUT2D eigenvalue weighted by atomic mass is 9.69. The lowest BCUT2D eigenvalue weighted by Gasteiger charge is -2.41. The summed E-state index contributed by atoms with van der Waals surface area (Å²) in [7, 11) is 0. The fraction of sp³-hybridized carbons (Fsp3) is 0.750. The molecule has 0 saturated heterocycles. The van der Waals surface area contributed by atoms with Crippen LogP contribution in [0.15, 0.2) is 0 Å². The van der Waals surface area contributed by atoms with Gasteiger partial charge in [-0.2, -0.15) is 5.10 Å². The van der Waals surface area contributed by atoms with E-state index in [1.807, 2.05) is 27.7 Å². The Bertz CT molecular complexity index is 504. The van der Waals surface area contributed by atoms with Crippen molar-refractivity contribution in [1.29, 1.82) is 0 Å². The van der Waals surface area contributed by atoms with Crippen LogP contribution in [0.1, 0.15) is 43.1 Å². The summed E-state index contributed by atoms with van der Waals surface area (Å²) in [5.41, 5.74) is 3.38. The van der Waals surface area contributed by atoms with E-state index in [2.05, 4.69) is 10.4 Å². The molecule has 1 aromatic rings. The van der Waals surface area contributed by atoms with Crippen LogP contribution in [0.5, 0.6) is 0 Å². The molecule has 0 aliphatic heterocycles. The predicted octanol–water partition coefficient (Wildman–Crippen LogP) is 2.13. The molecule has 1 fully saturated rings. The number of nitrogens with zero attached hydrogens (tertiary/aromatic N) is 2. The van der Waals surface area contributed by atoms with Gasteiger partial charge in [-0.1, -0.05) is 6.42 Å². The summed E-state index contributed by atoms with van der Waals surface area (Å²) in [6, 6.07) is 0. The number of aryl methyl sites for hydroxylation is 1. The molecule has 0 aromatic carbocycles. The molecule has 0 spiro atoms. The third kappa shape index (κ3) is 3.64. The van der Waals surface area contributed by atoms with E-state index in [1.54, 1.807) is 4.68 Å². The fourth-order valence-electron chi connectivity index (χ4n) is 2.79. The molecule has 2 rings (SSSR count). The average molecular weight is 293 g/mol. The lowest BCUT2D eigenvalue weighted by molar-refractivity contribution is -0.123. The van der Waals surface area contributed by atoms with E-state index in [1.165, 1.54) is 6.42 Å². The molecule has 1 N–H and O–H groups in total. The Hall–Kier alpha value is -1.36. The molecule has 1 heterocycles. The first kappa shape index (κ1) is 16.0. The van der Waals surface area contributed by atoms with Crippen LogP contribution in [0.2, 0.25) is 0 Å². The van der Waals surface area contributed by atoms with Gasteiger partial charge in [-0.15, -0.1) is 0 Å². The summed E-state index contributed by atoms with van der Waals surface area (Å²) < 4.78 is 7.35. The Labute approximate surface area is 127 Å². The van der Waals surface area contributed by atoms with Crippen LogP contribution < -0.4 is 5.32 Å². The van der Waals surface area contributed by atoms with Gasteiger partial charge < -0.3 is 10.1 Å². The van der Waals surface area contributed by atoms with E-state index in [0.717, 1.165) is 43.0 Å². The second-order valence-corrected chi connectivity index (χ2v) is 6.22. The number of aromatic nitrogens is 2. The first-order chi connectivity index (χ1) is 9.97. The van der Waals surface area contributed by atoms with Crippen LogP contribution in [0, 0.1) is 26.2 Å². The van der Waals surface area contributed by atoms with Gasteiger partial charge in [-0.25, -0.2) is 0 Å². The molecule has 0 atom stereocenters. The molecule has 1 amide bonds. The zero-order chi connectivity index (χ0) is 15.5. The average Bonchev–Trinajstić information content (AvgIpc) is 2.65. The summed E-state index contributed by atoms with van der Waals surface area (Å²) in [5.74, 6) is 0.0309. The normalized spacial score (nSPS) is 16.6. The molecular weight excluding hydrogens is 266 g/mol. The number of nitrogens with one attached hydrogen (secondary N) is 1. The van der Waals surface area contributed by atoms with Gasteiger partial charge in [-0.05, 0) is 46.1 Å². The van der Waals surface area contributed by atoms with E-state index in [4.69, 9.17) is 4.74 Å². The van der Waals surface area contributed by atoms with Gasteiger partial charge in [0, 0.05) is 24.3 Å². The number of hydrogen-bond donors (Lipinski definition) is 1. The summed E-state index contributed by atoms with van der Waals surface area (Å²) in [4.78, 5) is 12.1. The Kier molecular flexibility index (Phi) is 5.04. The molecule has 1 aromatic heterocycles. The van der Waals surface area contributed by atoms with Crippen molar-refractivity contribution in [3.05, 3.63) is 17.0 Å². The smallest absolute Gasteiger partial charge is 0.241 e. The standard InChI is InChI=1S/C16H27N3O2/c1-5-21-11-16(7-6-8-16)10-17-15(20)9-19-14(4)12(2)13(3)18-19/h5-11H2,1-4H3,(H,17,20). The van der Waals surface area contributed by atoms with Crippen molar-refractivity contribution >= 4 is 5.91 Å². The Balaban J connectivity index is 1.85. The maximum absolute atomic E-state index is 12.1. The van der Waals surface area contributed by atoms with Gasteiger partial charge in [0.15, 0.2) is 0 Å². The molecule has 0 radical (unpaired) electrons. The highest BCUT2D eigenvalue weighted by Crippen LogP contribution is 2.40. The quantitative estimate of drug-likeness (QED) is 0.838. The topological polar surface area (TPSA) is 56.1 Å². The van der Waals surface area contributed by atoms with Crippen LogP contribution in [0.25, 0.3) is 0 Å². The van der Waals surface area contributed by atoms with Crippen LogP contribution in [-0.2, 0) is 16.1 Å². The largest absolute Gasteiger partial charge is 0.381 e. The van der Waals surface area contributed by atoms with Crippen molar-refractivity contribution < 1.29 is 9.53 Å². The van der Waals surface area contributed by atoms with Crippen molar-refractivity contribution in [2.45, 2.75) is 53.5 Å². The Morgan fingerprint density at radius 1 is 1.38 bits per heavy atom. The van der Waals surface area contributed by atoms with Gasteiger partial charge in [0.25, 0.3) is 0 Å². The van der Waals surface area contributed by atoms with E-state index < -0.39 is 0 Å². The van der Waals surface area contributed by atoms with Crippen molar-refractivity contribution in [3.8, 4) is 0 Å². The summed E-state index contributed by atoms with van der Waals surface area (Å²) in [6.45, 7) is 10.5. The molecule has 1 saturated carbocycles. The second kappa shape index (κ2) is 6.60. The third-order valence-corrected chi connectivity index (χ3v) is 4.72. The Morgan fingerprint density at radius 3 is 2.57 bits per heavy atom. The minimum atomic E-state index is 0.0309. The zero-order valence-electron chi connectivity index (χ0n) is 13.7. The number of rotatable bonds is 7. The van der Waals surface area contributed by atoms with E-state index in [-0.39, 0.29) is 11.3 Å². The zero-order valence-corrected chi connectivity index (χ0v) is 13.7. The SMILES string of the molecule is CCOCC1(CNC(=O)Cn2nc(C)c(C)c2C)CCC1. The van der Waals surface area contributed by atoms with Crippen molar-refractivity contribution in [2.75, 3.05) is 19.8 Å². The second-order valence-electron chi connectivity index (χ2n) is 6.22. The van der Waals surface area contributed by atoms with Gasteiger partial charge in [0.05, 0.1) is 12.3 Å². The van der Waals surface area contributed by atoms with Crippen molar-refractivity contribution in [1.82, 2.24) is 15.1 Å². The van der Waals surface area contributed by atoms with Crippen molar-refractivity contribution in [3.63, 3.8) is 0 Å². The minimum Gasteiger partial charge on any atom is -0.381 e. The number of ether oxygens (including phenoxy) is 1. The maximum atomic E-state index is 12.1. The molecule has 1 aliphatic carbocycles. The van der Waals surface area contributed by atoms with Crippen molar-refractivity contribution in [2.24, 2.45) is 5.41 Å². The molecule has 21 heavy (non-hydrogen) atoms. The molecule has 1 aliphatic rings. The van der Waals surface area contributed by atoms with E-state index in [0.29, 0.717) is 13.1 Å². The summed E-state index contributed by atoms with van der Waals surface area (Å²) in [5, 5.41) is 7.47. The van der Waals surface area contributed by atoms with E-state index >= 15 is 0 Å². The monoisotopic (exact) mass is 293 g/mol. The highest BCUT2D eigenvalue weighted by atomic mass is 16.5. The first-order valence-electron chi connectivity index (χ1n) is 7.82. The number of hydrogen-bond acceptors (Lipinski definition) is 3. The van der Waals surface area contributed by atoms with E-state index in [9.17, 15) is 4.79 Å². The van der Waals surface area contributed by atoms with Gasteiger partial charge in [-0.3, -0.25) is 9.48 Å². The molecule has 0 bridgehead atoms. The lowest BCUT2D eigenvalue weighted by Crippen LogP contribution is -2.46. The summed E-state index contributed by atoms with van der Waals surface area (Å²) >= 11 is 0. The summed E-state index contributed by atoms with van der Waals surface area (Å²) in [6.07, 6.45) is 3.53.